The second-order valence-electron chi connectivity index (χ2n) is 14.7. The highest BCUT2D eigenvalue weighted by Crippen LogP contribution is 2.15. The summed E-state index contributed by atoms with van der Waals surface area (Å²) < 4.78 is 0. The van der Waals surface area contributed by atoms with Crippen LogP contribution < -0.4 is 5.32 Å². The molecule has 0 heterocycles. The number of amides is 1. The van der Waals surface area contributed by atoms with Gasteiger partial charge in [0.2, 0.25) is 5.91 Å². The number of nitrogens with one attached hydrogen (secondary N) is 1. The van der Waals surface area contributed by atoms with E-state index in [4.69, 9.17) is 0 Å². The number of allylic oxidation sites excluding steroid dienone is 12. The van der Waals surface area contributed by atoms with Gasteiger partial charge in [-0.25, -0.2) is 0 Å². The van der Waals surface area contributed by atoms with Crippen molar-refractivity contribution in [2.75, 3.05) is 6.61 Å². The van der Waals surface area contributed by atoms with Crippen LogP contribution >= 0.6 is 0 Å². The molecule has 1 amide bonds. The zero-order chi connectivity index (χ0) is 38.6. The third-order valence-corrected chi connectivity index (χ3v) is 9.64. The molecule has 0 spiro atoms. The zero-order valence-corrected chi connectivity index (χ0v) is 34.8. The van der Waals surface area contributed by atoms with Crippen molar-refractivity contribution >= 4 is 5.91 Å². The van der Waals surface area contributed by atoms with Gasteiger partial charge in [0.1, 0.15) is 0 Å². The molecule has 0 aliphatic heterocycles. The van der Waals surface area contributed by atoms with Crippen LogP contribution in [0.5, 0.6) is 0 Å². The van der Waals surface area contributed by atoms with E-state index in [1.165, 1.54) is 128 Å². The quantitative estimate of drug-likeness (QED) is 0.0435. The first-order valence-corrected chi connectivity index (χ1v) is 22.3. The van der Waals surface area contributed by atoms with E-state index in [2.05, 4.69) is 79.9 Å². The molecule has 2 atom stereocenters. The van der Waals surface area contributed by atoms with E-state index in [0.29, 0.717) is 0 Å². The standard InChI is InChI=1S/C49H85NO3/c1-3-5-7-9-11-13-15-17-19-20-21-22-23-24-25-26-27-28-29-31-32-34-36-38-40-42-44-48(52)47(46-51)50-49(53)45-43-41-39-37-35-33-30-18-16-14-12-10-8-6-4-2/h6,8,12,14,18,30,34-37,41-44,47-48,51-52H,3-5,7,9-11,13,15-17,19-29,31-33,38-40,45-46H2,1-2H3,(H,50,53)/b8-6-,14-12-,30-18-,36-34+,37-35-,43-41-,44-42+. The van der Waals surface area contributed by atoms with E-state index in [0.717, 1.165) is 51.4 Å². The Morgan fingerprint density at radius 2 is 0.849 bits per heavy atom. The van der Waals surface area contributed by atoms with Crippen LogP contribution in [0.4, 0.5) is 0 Å². The van der Waals surface area contributed by atoms with Gasteiger partial charge < -0.3 is 15.5 Å². The maximum absolute atomic E-state index is 12.3. The topological polar surface area (TPSA) is 69.6 Å². The second kappa shape index (κ2) is 44.0. The van der Waals surface area contributed by atoms with Gasteiger partial charge >= 0.3 is 0 Å². The normalized spacial score (nSPS) is 13.8. The first-order chi connectivity index (χ1) is 26.2. The Balaban J connectivity index is 3.68. The second-order valence-corrected chi connectivity index (χ2v) is 14.7. The summed E-state index contributed by atoms with van der Waals surface area (Å²) in [5.74, 6) is -0.203. The van der Waals surface area contributed by atoms with Crippen LogP contribution in [0.1, 0.15) is 200 Å². The first-order valence-electron chi connectivity index (χ1n) is 22.3. The fourth-order valence-electron chi connectivity index (χ4n) is 6.26. The smallest absolute Gasteiger partial charge is 0.224 e. The highest BCUT2D eigenvalue weighted by molar-refractivity contribution is 5.77. The third-order valence-electron chi connectivity index (χ3n) is 9.64. The number of carbonyl (C=O) groups is 1. The van der Waals surface area contributed by atoms with Gasteiger partial charge in [0, 0.05) is 6.42 Å². The molecule has 0 aromatic rings. The van der Waals surface area contributed by atoms with E-state index < -0.39 is 12.1 Å². The van der Waals surface area contributed by atoms with Crippen molar-refractivity contribution in [3.63, 3.8) is 0 Å². The van der Waals surface area contributed by atoms with Gasteiger partial charge in [0.05, 0.1) is 18.8 Å². The Labute approximate surface area is 329 Å². The first kappa shape index (κ1) is 50.6. The van der Waals surface area contributed by atoms with E-state index >= 15 is 0 Å². The molecule has 0 aromatic heterocycles. The molecule has 0 fully saturated rings. The summed E-state index contributed by atoms with van der Waals surface area (Å²) in [7, 11) is 0. The molecule has 0 rings (SSSR count). The number of carbonyl (C=O) groups excluding carboxylic acids is 1. The number of rotatable bonds is 39. The minimum absolute atomic E-state index is 0.203. The molecular formula is C49H85NO3. The SMILES string of the molecule is CC/C=C\C/C=C\C/C=C\C/C=C\C/C=C\CC(=O)NC(CO)C(O)/C=C/CC/C=C/CCCCCCCCCCCCCCCCCCCCCC. The van der Waals surface area contributed by atoms with Crippen LogP contribution in [0.3, 0.4) is 0 Å². The highest BCUT2D eigenvalue weighted by Gasteiger charge is 2.17. The van der Waals surface area contributed by atoms with Crippen LogP contribution in [-0.2, 0) is 4.79 Å². The van der Waals surface area contributed by atoms with E-state index in [1.807, 2.05) is 18.2 Å². The van der Waals surface area contributed by atoms with Crippen LogP contribution in [0, 0.1) is 0 Å². The number of unbranched alkanes of at least 4 members (excludes halogenated alkanes) is 21. The molecule has 0 saturated heterocycles. The lowest BCUT2D eigenvalue weighted by atomic mass is 10.0. The van der Waals surface area contributed by atoms with E-state index in [1.54, 1.807) is 6.08 Å². The van der Waals surface area contributed by atoms with Gasteiger partial charge in [-0.2, -0.15) is 0 Å². The largest absolute Gasteiger partial charge is 0.394 e. The minimum Gasteiger partial charge on any atom is -0.394 e. The number of hydrogen-bond donors (Lipinski definition) is 3. The van der Waals surface area contributed by atoms with Gasteiger partial charge in [0.15, 0.2) is 0 Å². The number of aliphatic hydroxyl groups is 2. The lowest BCUT2D eigenvalue weighted by Crippen LogP contribution is -2.44. The molecule has 4 heteroatoms. The van der Waals surface area contributed by atoms with Gasteiger partial charge in [-0.05, 0) is 57.8 Å². The maximum atomic E-state index is 12.3. The highest BCUT2D eigenvalue weighted by atomic mass is 16.3. The molecule has 0 radical (unpaired) electrons. The number of aliphatic hydroxyl groups excluding tert-OH is 2. The van der Waals surface area contributed by atoms with Crippen molar-refractivity contribution in [3.8, 4) is 0 Å². The van der Waals surface area contributed by atoms with Gasteiger partial charge in [-0.15, -0.1) is 0 Å². The predicted octanol–water partition coefficient (Wildman–Crippen LogP) is 14.1. The molecule has 0 aliphatic rings. The minimum atomic E-state index is -0.907. The fraction of sp³-hybridized carbons (Fsp3) is 0.694. The molecule has 53 heavy (non-hydrogen) atoms. The van der Waals surface area contributed by atoms with Crippen molar-refractivity contribution in [2.45, 2.75) is 212 Å². The van der Waals surface area contributed by atoms with Crippen molar-refractivity contribution < 1.29 is 15.0 Å². The Morgan fingerprint density at radius 3 is 1.28 bits per heavy atom. The van der Waals surface area contributed by atoms with Crippen molar-refractivity contribution in [1.29, 1.82) is 0 Å². The molecule has 2 unspecified atom stereocenters. The van der Waals surface area contributed by atoms with E-state index in [9.17, 15) is 15.0 Å². The van der Waals surface area contributed by atoms with E-state index in [-0.39, 0.29) is 18.9 Å². The Hall–Kier alpha value is -2.43. The summed E-state index contributed by atoms with van der Waals surface area (Å²) in [6.07, 6.45) is 64.4. The molecule has 0 aliphatic carbocycles. The Bertz CT molecular complexity index is 972. The summed E-state index contributed by atoms with van der Waals surface area (Å²) >= 11 is 0. The summed E-state index contributed by atoms with van der Waals surface area (Å²) in [4.78, 5) is 12.3. The van der Waals surface area contributed by atoms with Crippen molar-refractivity contribution in [3.05, 3.63) is 85.1 Å². The van der Waals surface area contributed by atoms with Crippen LogP contribution in [0.25, 0.3) is 0 Å². The summed E-state index contributed by atoms with van der Waals surface area (Å²) in [5, 5.41) is 22.9. The lowest BCUT2D eigenvalue weighted by Gasteiger charge is -2.19. The fourth-order valence-corrected chi connectivity index (χ4v) is 6.26. The molecule has 3 N–H and O–H groups in total. The van der Waals surface area contributed by atoms with Crippen molar-refractivity contribution in [1.82, 2.24) is 5.32 Å². The van der Waals surface area contributed by atoms with Crippen LogP contribution in [0.15, 0.2) is 85.1 Å². The average molecular weight is 736 g/mol. The molecule has 0 bridgehead atoms. The summed E-state index contributed by atoms with van der Waals surface area (Å²) in [6.45, 7) is 4.13. The monoisotopic (exact) mass is 736 g/mol. The van der Waals surface area contributed by atoms with Gasteiger partial charge in [-0.1, -0.05) is 221 Å². The molecule has 0 saturated carbocycles. The maximum Gasteiger partial charge on any atom is 0.224 e. The predicted molar refractivity (Wildman–Crippen MR) is 234 cm³/mol. The molecular weight excluding hydrogens is 651 g/mol. The summed E-state index contributed by atoms with van der Waals surface area (Å²) in [5.41, 5.74) is 0. The van der Waals surface area contributed by atoms with Crippen LogP contribution in [-0.4, -0.2) is 34.9 Å². The zero-order valence-electron chi connectivity index (χ0n) is 34.8. The van der Waals surface area contributed by atoms with Gasteiger partial charge in [-0.3, -0.25) is 4.79 Å². The summed E-state index contributed by atoms with van der Waals surface area (Å²) in [6, 6.07) is -0.698. The van der Waals surface area contributed by atoms with Crippen molar-refractivity contribution in [2.24, 2.45) is 0 Å². The Morgan fingerprint density at radius 1 is 0.472 bits per heavy atom. The number of hydrogen-bond acceptors (Lipinski definition) is 3. The molecule has 4 nitrogen and oxygen atoms in total. The lowest BCUT2D eigenvalue weighted by molar-refractivity contribution is -0.122. The van der Waals surface area contributed by atoms with Gasteiger partial charge in [0.25, 0.3) is 0 Å². The molecule has 304 valence electrons. The average Bonchev–Trinajstić information content (AvgIpc) is 3.16. The Kier molecular flexibility index (Phi) is 42.0. The third kappa shape index (κ3) is 40.6. The molecule has 0 aromatic carbocycles. The van der Waals surface area contributed by atoms with Crippen LogP contribution in [0.2, 0.25) is 0 Å².